The summed E-state index contributed by atoms with van der Waals surface area (Å²) in [6.07, 6.45) is 0.634. The summed E-state index contributed by atoms with van der Waals surface area (Å²) in [6, 6.07) is 0. The van der Waals surface area contributed by atoms with Crippen LogP contribution in [-0.2, 0) is 4.79 Å². The first-order valence-corrected chi connectivity index (χ1v) is 2.97. The van der Waals surface area contributed by atoms with Crippen molar-refractivity contribution in [1.82, 2.24) is 0 Å². The first-order chi connectivity index (χ1) is 3.50. The second-order valence-corrected chi connectivity index (χ2v) is 2.48. The first-order valence-electron chi connectivity index (χ1n) is 2.53. The van der Waals surface area contributed by atoms with Gasteiger partial charge in [0, 0.05) is 0 Å². The van der Waals surface area contributed by atoms with Gasteiger partial charge in [-0.2, -0.15) is 0 Å². The first kappa shape index (κ1) is 7.98. The Morgan fingerprint density at radius 3 is 2.25 bits per heavy atom. The Hall–Kier alpha value is -0.0200. The summed E-state index contributed by atoms with van der Waals surface area (Å²) in [4.78, 5) is 10.4. The van der Waals surface area contributed by atoms with Crippen LogP contribution in [0.5, 0.6) is 0 Å². The number of hydrogen-bond donors (Lipinski definition) is 2. The van der Waals surface area contributed by atoms with E-state index in [0.29, 0.717) is 6.42 Å². The van der Waals surface area contributed by atoms with Crippen LogP contribution in [0, 0.1) is 0 Å². The van der Waals surface area contributed by atoms with Gasteiger partial charge in [0.05, 0.1) is 5.54 Å². The Morgan fingerprint density at radius 2 is 2.25 bits per heavy atom. The number of nitrogens with two attached hydrogens (primary N) is 1. The predicted molar refractivity (Wildman–Crippen MR) is 36.9 cm³/mol. The fourth-order valence-corrected chi connectivity index (χ4v) is 0.309. The quantitative estimate of drug-likeness (QED) is 0.541. The molecule has 0 aromatic carbocycles. The average Bonchev–Trinajstić information content (AvgIpc) is 1.67. The van der Waals surface area contributed by atoms with Gasteiger partial charge in [0.25, 0.3) is 0 Å². The molecule has 0 amide bonds. The highest BCUT2D eigenvalue weighted by Gasteiger charge is 2.21. The molecule has 0 aromatic rings. The van der Waals surface area contributed by atoms with Crippen molar-refractivity contribution in [3.63, 3.8) is 0 Å². The number of rotatable bonds is 2. The van der Waals surface area contributed by atoms with E-state index >= 15 is 0 Å². The molecule has 0 spiro atoms. The molecule has 0 heterocycles. The van der Waals surface area contributed by atoms with E-state index in [2.05, 4.69) is 12.6 Å². The van der Waals surface area contributed by atoms with Crippen LogP contribution in [0.1, 0.15) is 20.3 Å². The molecule has 0 unspecified atom stereocenters. The van der Waals surface area contributed by atoms with Gasteiger partial charge in [0.2, 0.25) is 5.12 Å². The fourth-order valence-electron chi connectivity index (χ4n) is 0.151. The topological polar surface area (TPSA) is 43.1 Å². The highest BCUT2D eigenvalue weighted by atomic mass is 32.1. The van der Waals surface area contributed by atoms with Crippen LogP contribution in [0.3, 0.4) is 0 Å². The second kappa shape index (κ2) is 2.51. The molecule has 0 radical (unpaired) electrons. The average molecular weight is 133 g/mol. The SMILES string of the molecule is CC[C@@](C)(N)C(=O)S. The minimum Gasteiger partial charge on any atom is -0.318 e. The fraction of sp³-hybridized carbons (Fsp3) is 0.800. The number of thiol groups is 1. The highest BCUT2D eigenvalue weighted by molar-refractivity contribution is 7.96. The van der Waals surface area contributed by atoms with Crippen LogP contribution >= 0.6 is 12.6 Å². The van der Waals surface area contributed by atoms with E-state index in [1.54, 1.807) is 6.92 Å². The summed E-state index contributed by atoms with van der Waals surface area (Å²) in [5.74, 6) is 0. The summed E-state index contributed by atoms with van der Waals surface area (Å²) < 4.78 is 0. The molecular formula is C5H11NOS. The van der Waals surface area contributed by atoms with Crippen molar-refractivity contribution in [1.29, 1.82) is 0 Å². The van der Waals surface area contributed by atoms with Crippen LogP contribution < -0.4 is 5.73 Å². The molecule has 0 aliphatic heterocycles. The molecule has 1 atom stereocenters. The molecule has 0 bridgehead atoms. The monoisotopic (exact) mass is 133 g/mol. The van der Waals surface area contributed by atoms with Crippen LogP contribution in [0.2, 0.25) is 0 Å². The minimum absolute atomic E-state index is 0.250. The van der Waals surface area contributed by atoms with Crippen molar-refractivity contribution in [2.24, 2.45) is 5.73 Å². The maximum absolute atomic E-state index is 10.4. The highest BCUT2D eigenvalue weighted by Crippen LogP contribution is 2.07. The largest absolute Gasteiger partial charge is 0.318 e. The molecule has 8 heavy (non-hydrogen) atoms. The Kier molecular flexibility index (Phi) is 2.50. The summed E-state index contributed by atoms with van der Waals surface area (Å²) in [6.45, 7) is 3.52. The van der Waals surface area contributed by atoms with Gasteiger partial charge in [-0.05, 0) is 13.3 Å². The lowest BCUT2D eigenvalue weighted by molar-refractivity contribution is -0.114. The van der Waals surface area contributed by atoms with Crippen molar-refractivity contribution >= 4 is 17.7 Å². The van der Waals surface area contributed by atoms with Gasteiger partial charge in [-0.3, -0.25) is 4.79 Å². The van der Waals surface area contributed by atoms with E-state index in [1.807, 2.05) is 6.92 Å². The molecule has 2 N–H and O–H groups in total. The lowest BCUT2D eigenvalue weighted by Gasteiger charge is -2.16. The zero-order valence-corrected chi connectivity index (χ0v) is 6.03. The van der Waals surface area contributed by atoms with Gasteiger partial charge >= 0.3 is 0 Å². The number of carbonyl (C=O) groups excluding carboxylic acids is 1. The number of hydrogen-bond acceptors (Lipinski definition) is 2. The van der Waals surface area contributed by atoms with Crippen molar-refractivity contribution in [2.75, 3.05) is 0 Å². The molecule has 48 valence electrons. The molecule has 3 heteroatoms. The predicted octanol–water partition coefficient (Wildman–Crippen LogP) is 0.570. The molecule has 0 aliphatic carbocycles. The number of carbonyl (C=O) groups is 1. The molecular weight excluding hydrogens is 122 g/mol. The lowest BCUT2D eigenvalue weighted by atomic mass is 10.0. The van der Waals surface area contributed by atoms with Crippen LogP contribution in [-0.4, -0.2) is 10.7 Å². The molecule has 2 nitrogen and oxygen atoms in total. The molecule has 0 aliphatic rings. The van der Waals surface area contributed by atoms with E-state index in [4.69, 9.17) is 5.73 Å². The molecule has 0 saturated heterocycles. The normalized spacial score (nSPS) is 17.5. The van der Waals surface area contributed by atoms with Crippen molar-refractivity contribution < 1.29 is 4.79 Å². The van der Waals surface area contributed by atoms with Gasteiger partial charge < -0.3 is 5.73 Å². The molecule has 0 fully saturated rings. The Morgan fingerprint density at radius 1 is 1.88 bits per heavy atom. The zero-order chi connectivity index (χ0) is 6.78. The van der Waals surface area contributed by atoms with Gasteiger partial charge in [-0.1, -0.05) is 6.92 Å². The van der Waals surface area contributed by atoms with E-state index < -0.39 is 5.54 Å². The third kappa shape index (κ3) is 1.84. The van der Waals surface area contributed by atoms with E-state index in [9.17, 15) is 4.79 Å². The molecule has 0 aromatic heterocycles. The van der Waals surface area contributed by atoms with Crippen molar-refractivity contribution in [2.45, 2.75) is 25.8 Å². The standard InChI is InChI=1S/C5H11NOS/c1-3-5(2,6)4(7)8/h3,6H2,1-2H3,(H,7,8)/t5-/m1/s1. The minimum atomic E-state index is -0.733. The van der Waals surface area contributed by atoms with E-state index in [-0.39, 0.29) is 5.12 Å². The van der Waals surface area contributed by atoms with E-state index in [0.717, 1.165) is 0 Å². The Balaban J connectivity index is 3.91. The lowest BCUT2D eigenvalue weighted by Crippen LogP contribution is -2.41. The van der Waals surface area contributed by atoms with Gasteiger partial charge in [-0.15, -0.1) is 12.6 Å². The van der Waals surface area contributed by atoms with Gasteiger partial charge in [-0.25, -0.2) is 0 Å². The maximum Gasteiger partial charge on any atom is 0.205 e. The smallest absolute Gasteiger partial charge is 0.205 e. The van der Waals surface area contributed by atoms with Crippen LogP contribution in [0.25, 0.3) is 0 Å². The Bertz CT molecular complexity index is 101. The summed E-state index contributed by atoms with van der Waals surface area (Å²) in [7, 11) is 0. The van der Waals surface area contributed by atoms with Crippen LogP contribution in [0.4, 0.5) is 0 Å². The maximum atomic E-state index is 10.4. The summed E-state index contributed by atoms with van der Waals surface area (Å²) in [5, 5.41) is -0.250. The molecule has 0 saturated carbocycles. The Labute approximate surface area is 54.9 Å². The summed E-state index contributed by atoms with van der Waals surface area (Å²) in [5.41, 5.74) is 4.70. The third-order valence-corrected chi connectivity index (χ3v) is 1.73. The van der Waals surface area contributed by atoms with Crippen molar-refractivity contribution in [3.8, 4) is 0 Å². The van der Waals surface area contributed by atoms with Crippen LogP contribution in [0.15, 0.2) is 0 Å². The van der Waals surface area contributed by atoms with Gasteiger partial charge in [0.15, 0.2) is 0 Å². The zero-order valence-electron chi connectivity index (χ0n) is 5.14. The second-order valence-electron chi connectivity index (χ2n) is 2.08. The summed E-state index contributed by atoms with van der Waals surface area (Å²) >= 11 is 3.59. The third-order valence-electron chi connectivity index (χ3n) is 1.22. The molecule has 0 rings (SSSR count). The van der Waals surface area contributed by atoms with Crippen molar-refractivity contribution in [3.05, 3.63) is 0 Å². The van der Waals surface area contributed by atoms with Gasteiger partial charge in [0.1, 0.15) is 0 Å². The van der Waals surface area contributed by atoms with E-state index in [1.165, 1.54) is 0 Å².